The largest absolute Gasteiger partial charge is 0.367 e. The third-order valence-electron chi connectivity index (χ3n) is 5.78. The summed E-state index contributed by atoms with van der Waals surface area (Å²) in [5.74, 6) is -1.03. The summed E-state index contributed by atoms with van der Waals surface area (Å²) in [7, 11) is 3.71. The van der Waals surface area contributed by atoms with Crippen molar-refractivity contribution in [2.75, 3.05) is 37.0 Å². The monoisotopic (exact) mass is 511 g/mol. The molecule has 1 fully saturated rings. The first-order chi connectivity index (χ1) is 17.2. The number of nitrogens with zero attached hydrogens (tertiary/aromatic N) is 7. The Morgan fingerprint density at radius 3 is 2.69 bits per heavy atom. The molecule has 0 aliphatic carbocycles. The first kappa shape index (κ1) is 23.9. The van der Waals surface area contributed by atoms with Gasteiger partial charge in [0.1, 0.15) is 22.4 Å². The number of hydrogen-bond acceptors (Lipinski definition) is 9. The molecule has 186 valence electrons. The zero-order valence-electron chi connectivity index (χ0n) is 19.9. The van der Waals surface area contributed by atoms with E-state index in [9.17, 15) is 13.6 Å². The van der Waals surface area contributed by atoms with Gasteiger partial charge in [0.15, 0.2) is 10.8 Å². The van der Waals surface area contributed by atoms with Crippen molar-refractivity contribution >= 4 is 39.5 Å². The molecule has 0 radical (unpaired) electrons. The average molecular weight is 512 g/mol. The topological polar surface area (TPSA) is 88.7 Å². The summed E-state index contributed by atoms with van der Waals surface area (Å²) in [6, 6.07) is 6.52. The van der Waals surface area contributed by atoms with E-state index in [1.807, 2.05) is 30.8 Å². The maximum Gasteiger partial charge on any atom is 0.270 e. The molecular weight excluding hydrogens is 488 g/mol. The second-order valence-electron chi connectivity index (χ2n) is 8.67. The predicted molar refractivity (Wildman–Crippen MR) is 136 cm³/mol. The van der Waals surface area contributed by atoms with Crippen LogP contribution < -0.4 is 15.4 Å². The van der Waals surface area contributed by atoms with Gasteiger partial charge in [0.25, 0.3) is 5.56 Å². The summed E-state index contributed by atoms with van der Waals surface area (Å²) < 4.78 is 36.4. The van der Waals surface area contributed by atoms with Crippen LogP contribution in [0.4, 0.5) is 19.9 Å². The number of halogens is 2. The maximum absolute atomic E-state index is 14.9. The van der Waals surface area contributed by atoms with Gasteiger partial charge in [-0.15, -0.1) is 0 Å². The minimum Gasteiger partial charge on any atom is -0.367 e. The summed E-state index contributed by atoms with van der Waals surface area (Å²) in [5.41, 5.74) is 1.38. The SMILES string of the molecule is C=Nn1cc([C@H]2CN(c3nc(-c4ccc(F)cc4F)c4sc(N(C)C)nc4n3)C[C@@H](C)O2)ccc1=O. The van der Waals surface area contributed by atoms with Crippen LogP contribution in [0.1, 0.15) is 18.6 Å². The zero-order valence-corrected chi connectivity index (χ0v) is 20.7. The van der Waals surface area contributed by atoms with Gasteiger partial charge in [-0.25, -0.2) is 18.4 Å². The Balaban J connectivity index is 1.60. The van der Waals surface area contributed by atoms with Crippen LogP contribution in [-0.2, 0) is 4.74 Å². The fourth-order valence-electron chi connectivity index (χ4n) is 4.09. The molecular formula is C24H23F2N7O2S. The second kappa shape index (κ2) is 9.36. The molecule has 3 aromatic heterocycles. The molecule has 1 aliphatic rings. The summed E-state index contributed by atoms with van der Waals surface area (Å²) in [6.45, 7) is 6.21. The van der Waals surface area contributed by atoms with Gasteiger partial charge >= 0.3 is 0 Å². The number of hydrogen-bond donors (Lipinski definition) is 0. The van der Waals surface area contributed by atoms with Gasteiger partial charge in [0.2, 0.25) is 5.95 Å². The molecule has 5 rings (SSSR count). The summed E-state index contributed by atoms with van der Waals surface area (Å²) in [4.78, 5) is 29.7. The lowest BCUT2D eigenvalue weighted by Crippen LogP contribution is -2.44. The van der Waals surface area contributed by atoms with Gasteiger partial charge in [0.05, 0.1) is 18.3 Å². The Morgan fingerprint density at radius 1 is 1.17 bits per heavy atom. The highest BCUT2D eigenvalue weighted by Crippen LogP contribution is 2.37. The molecule has 4 aromatic rings. The van der Waals surface area contributed by atoms with Crippen molar-refractivity contribution in [2.45, 2.75) is 19.1 Å². The van der Waals surface area contributed by atoms with Crippen molar-refractivity contribution in [3.05, 3.63) is 64.1 Å². The van der Waals surface area contributed by atoms with Crippen molar-refractivity contribution < 1.29 is 13.5 Å². The van der Waals surface area contributed by atoms with Gasteiger partial charge in [-0.05, 0) is 25.1 Å². The second-order valence-corrected chi connectivity index (χ2v) is 9.64. The standard InChI is InChI=1S/C24H23F2N7O2S/c1-13-10-32(12-18(35-13)14-5-8-19(34)33(11-14)27-2)23-28-20(16-7-6-15(25)9-17(16)26)21-22(29-23)30-24(36-21)31(3)4/h5-9,11,13,18H,2,10,12H2,1,3-4H3/t13-,18-/m1/s1. The van der Waals surface area contributed by atoms with Gasteiger partial charge in [-0.1, -0.05) is 11.3 Å². The molecule has 0 spiro atoms. The number of anilines is 2. The Morgan fingerprint density at radius 2 is 1.97 bits per heavy atom. The molecule has 0 saturated carbocycles. The Hall–Kier alpha value is -3.77. The molecule has 0 unspecified atom stereocenters. The van der Waals surface area contributed by atoms with Crippen LogP contribution in [0.15, 0.2) is 46.4 Å². The molecule has 4 heterocycles. The van der Waals surface area contributed by atoms with Crippen LogP contribution in [-0.4, -0.2) is 59.6 Å². The van der Waals surface area contributed by atoms with Crippen molar-refractivity contribution in [1.29, 1.82) is 0 Å². The van der Waals surface area contributed by atoms with Crippen LogP contribution in [0, 0.1) is 11.6 Å². The molecule has 0 N–H and O–H groups in total. The normalized spacial score (nSPS) is 18.0. The number of thiazole rings is 1. The Kier molecular flexibility index (Phi) is 6.22. The Bertz CT molecular complexity index is 1520. The van der Waals surface area contributed by atoms with Crippen LogP contribution in [0.25, 0.3) is 21.6 Å². The van der Waals surface area contributed by atoms with Crippen LogP contribution in [0.5, 0.6) is 0 Å². The van der Waals surface area contributed by atoms with Gasteiger partial charge in [-0.3, -0.25) is 4.79 Å². The predicted octanol–water partition coefficient (Wildman–Crippen LogP) is 3.69. The van der Waals surface area contributed by atoms with Gasteiger partial charge in [-0.2, -0.15) is 15.1 Å². The number of morpholine rings is 1. The number of ether oxygens (including phenoxy) is 1. The molecule has 1 saturated heterocycles. The molecule has 9 nitrogen and oxygen atoms in total. The zero-order chi connectivity index (χ0) is 25.6. The van der Waals surface area contributed by atoms with Crippen LogP contribution >= 0.6 is 11.3 Å². The van der Waals surface area contributed by atoms with E-state index in [0.717, 1.165) is 16.3 Å². The summed E-state index contributed by atoms with van der Waals surface area (Å²) in [6.07, 6.45) is 0.989. The summed E-state index contributed by atoms with van der Waals surface area (Å²) in [5, 5.41) is 4.41. The molecule has 1 aliphatic heterocycles. The van der Waals surface area contributed by atoms with E-state index in [2.05, 4.69) is 16.8 Å². The van der Waals surface area contributed by atoms with E-state index >= 15 is 0 Å². The van der Waals surface area contributed by atoms with Crippen LogP contribution in [0.3, 0.4) is 0 Å². The van der Waals surface area contributed by atoms with Gasteiger partial charge < -0.3 is 14.5 Å². The third kappa shape index (κ3) is 4.44. The number of benzene rings is 1. The van der Waals surface area contributed by atoms with Crippen molar-refractivity contribution in [1.82, 2.24) is 19.6 Å². The van der Waals surface area contributed by atoms with Gasteiger partial charge in [0, 0.05) is 56.8 Å². The minimum atomic E-state index is -0.715. The van der Waals surface area contributed by atoms with E-state index in [-0.39, 0.29) is 17.2 Å². The summed E-state index contributed by atoms with van der Waals surface area (Å²) >= 11 is 1.34. The maximum atomic E-state index is 14.9. The molecule has 1 aromatic carbocycles. The Labute approximate surface area is 209 Å². The molecule has 36 heavy (non-hydrogen) atoms. The highest BCUT2D eigenvalue weighted by atomic mass is 32.1. The number of fused-ring (bicyclic) bond motifs is 1. The molecule has 0 amide bonds. The highest BCUT2D eigenvalue weighted by molar-refractivity contribution is 7.22. The van der Waals surface area contributed by atoms with Crippen molar-refractivity contribution in [2.24, 2.45) is 5.10 Å². The van der Waals surface area contributed by atoms with E-state index in [4.69, 9.17) is 14.7 Å². The fraction of sp³-hybridized carbons (Fsp3) is 0.292. The molecule has 0 bridgehead atoms. The van der Waals surface area contributed by atoms with Crippen LogP contribution in [0.2, 0.25) is 0 Å². The first-order valence-corrected chi connectivity index (χ1v) is 12.0. The molecule has 2 atom stereocenters. The average Bonchev–Trinajstić information content (AvgIpc) is 3.28. The number of rotatable bonds is 5. The smallest absolute Gasteiger partial charge is 0.270 e. The number of pyridine rings is 1. The minimum absolute atomic E-state index is 0.168. The first-order valence-electron chi connectivity index (χ1n) is 11.1. The fourth-order valence-corrected chi connectivity index (χ4v) is 5.02. The van der Waals surface area contributed by atoms with Crippen molar-refractivity contribution in [3.8, 4) is 11.3 Å². The number of aromatic nitrogens is 4. The lowest BCUT2D eigenvalue weighted by atomic mass is 10.1. The van der Waals surface area contributed by atoms with E-state index in [1.165, 1.54) is 29.5 Å². The third-order valence-corrected chi connectivity index (χ3v) is 7.00. The van der Waals surface area contributed by atoms with Crippen molar-refractivity contribution in [3.63, 3.8) is 0 Å². The lowest BCUT2D eigenvalue weighted by molar-refractivity contribution is -0.0181. The highest BCUT2D eigenvalue weighted by Gasteiger charge is 2.30. The quantitative estimate of drug-likeness (QED) is 0.378. The van der Waals surface area contributed by atoms with E-state index in [0.29, 0.717) is 40.2 Å². The van der Waals surface area contributed by atoms with E-state index in [1.54, 1.807) is 12.3 Å². The van der Waals surface area contributed by atoms with E-state index < -0.39 is 17.7 Å². The molecule has 12 heteroatoms. The lowest BCUT2D eigenvalue weighted by Gasteiger charge is -2.37.